The number of carbonyl (C=O) groups is 1. The predicted octanol–water partition coefficient (Wildman–Crippen LogP) is 3.49. The second-order valence-electron chi connectivity index (χ2n) is 5.32. The highest BCUT2D eigenvalue weighted by Crippen LogP contribution is 2.36. The fraction of sp³-hybridized carbons (Fsp3) is 0.235. The molecule has 1 aliphatic rings. The minimum atomic E-state index is -0.158. The first-order valence-electron chi connectivity index (χ1n) is 6.89. The van der Waals surface area contributed by atoms with Crippen LogP contribution in [-0.4, -0.2) is 15.8 Å². The SMILES string of the molecule is Cc1c(O)cccc1C(=O)NC1c2ccccc2CC1Br. The third kappa shape index (κ3) is 2.56. The first-order chi connectivity index (χ1) is 10.1. The highest BCUT2D eigenvalue weighted by molar-refractivity contribution is 9.09. The van der Waals surface area contributed by atoms with Crippen molar-refractivity contribution in [3.05, 3.63) is 64.7 Å². The van der Waals surface area contributed by atoms with Crippen LogP contribution < -0.4 is 5.32 Å². The van der Waals surface area contributed by atoms with Crippen molar-refractivity contribution in [2.75, 3.05) is 0 Å². The maximum atomic E-state index is 12.5. The van der Waals surface area contributed by atoms with E-state index in [4.69, 9.17) is 0 Å². The van der Waals surface area contributed by atoms with E-state index in [1.165, 1.54) is 5.56 Å². The van der Waals surface area contributed by atoms with Gasteiger partial charge in [0.2, 0.25) is 0 Å². The third-order valence-electron chi connectivity index (χ3n) is 4.00. The summed E-state index contributed by atoms with van der Waals surface area (Å²) < 4.78 is 0. The molecule has 0 bridgehead atoms. The monoisotopic (exact) mass is 345 g/mol. The van der Waals surface area contributed by atoms with E-state index in [2.05, 4.69) is 33.4 Å². The van der Waals surface area contributed by atoms with Gasteiger partial charge in [0.1, 0.15) is 5.75 Å². The Morgan fingerprint density at radius 3 is 2.81 bits per heavy atom. The number of hydrogen-bond donors (Lipinski definition) is 2. The summed E-state index contributed by atoms with van der Waals surface area (Å²) in [5.74, 6) is -0.0144. The number of fused-ring (bicyclic) bond motifs is 1. The largest absolute Gasteiger partial charge is 0.508 e. The average molecular weight is 346 g/mol. The first-order valence-corrected chi connectivity index (χ1v) is 7.81. The van der Waals surface area contributed by atoms with Crippen molar-refractivity contribution < 1.29 is 9.90 Å². The van der Waals surface area contributed by atoms with E-state index in [1.54, 1.807) is 25.1 Å². The van der Waals surface area contributed by atoms with Crippen molar-refractivity contribution in [1.82, 2.24) is 5.32 Å². The zero-order chi connectivity index (χ0) is 15.0. The van der Waals surface area contributed by atoms with Gasteiger partial charge in [-0.05, 0) is 36.6 Å². The number of halogens is 1. The number of phenols is 1. The van der Waals surface area contributed by atoms with Crippen LogP contribution in [0.15, 0.2) is 42.5 Å². The van der Waals surface area contributed by atoms with Crippen molar-refractivity contribution in [3.63, 3.8) is 0 Å². The molecule has 1 aliphatic carbocycles. The second kappa shape index (κ2) is 5.53. The number of nitrogens with one attached hydrogen (secondary N) is 1. The van der Waals surface area contributed by atoms with E-state index in [0.29, 0.717) is 11.1 Å². The van der Waals surface area contributed by atoms with Crippen molar-refractivity contribution in [3.8, 4) is 5.75 Å². The number of benzene rings is 2. The van der Waals surface area contributed by atoms with Gasteiger partial charge in [0, 0.05) is 16.0 Å². The molecule has 0 heterocycles. The molecule has 0 aromatic heterocycles. The fourth-order valence-electron chi connectivity index (χ4n) is 2.80. The topological polar surface area (TPSA) is 49.3 Å². The molecule has 0 saturated heterocycles. The number of carbonyl (C=O) groups excluding carboxylic acids is 1. The van der Waals surface area contributed by atoms with Crippen LogP contribution in [0.5, 0.6) is 5.75 Å². The van der Waals surface area contributed by atoms with E-state index < -0.39 is 0 Å². The van der Waals surface area contributed by atoms with E-state index in [0.717, 1.165) is 12.0 Å². The Hall–Kier alpha value is -1.81. The molecule has 3 rings (SSSR count). The minimum absolute atomic E-state index is 0.0459. The lowest BCUT2D eigenvalue weighted by atomic mass is 10.0. The lowest BCUT2D eigenvalue weighted by molar-refractivity contribution is 0.0937. The molecular weight excluding hydrogens is 330 g/mol. The summed E-state index contributed by atoms with van der Waals surface area (Å²) in [7, 11) is 0. The van der Waals surface area contributed by atoms with Crippen molar-refractivity contribution in [2.24, 2.45) is 0 Å². The van der Waals surface area contributed by atoms with E-state index in [9.17, 15) is 9.90 Å². The molecule has 2 aromatic carbocycles. The van der Waals surface area contributed by atoms with Crippen molar-refractivity contribution in [1.29, 1.82) is 0 Å². The maximum absolute atomic E-state index is 12.5. The summed E-state index contributed by atoms with van der Waals surface area (Å²) in [5.41, 5.74) is 3.54. The lowest BCUT2D eigenvalue weighted by Gasteiger charge is -2.18. The standard InChI is InChI=1S/C17H16BrNO2/c1-10-12(7-4-8-15(10)20)17(21)19-16-13-6-3-2-5-11(13)9-14(16)18/h2-8,14,16,20H,9H2,1H3,(H,19,21). The van der Waals surface area contributed by atoms with Gasteiger partial charge in [-0.1, -0.05) is 46.3 Å². The van der Waals surface area contributed by atoms with Crippen LogP contribution in [0.1, 0.15) is 33.1 Å². The highest BCUT2D eigenvalue weighted by atomic mass is 79.9. The summed E-state index contributed by atoms with van der Waals surface area (Å²) in [6.07, 6.45) is 0.903. The Bertz CT molecular complexity index is 699. The van der Waals surface area contributed by atoms with Crippen LogP contribution >= 0.6 is 15.9 Å². The fourth-order valence-corrected chi connectivity index (χ4v) is 3.57. The van der Waals surface area contributed by atoms with Gasteiger partial charge in [-0.3, -0.25) is 4.79 Å². The number of hydrogen-bond acceptors (Lipinski definition) is 2. The van der Waals surface area contributed by atoms with Gasteiger partial charge in [0.25, 0.3) is 5.91 Å². The van der Waals surface area contributed by atoms with Crippen molar-refractivity contribution >= 4 is 21.8 Å². The smallest absolute Gasteiger partial charge is 0.252 e. The van der Waals surface area contributed by atoms with Gasteiger partial charge in [0.15, 0.2) is 0 Å². The lowest BCUT2D eigenvalue weighted by Crippen LogP contribution is -2.32. The van der Waals surface area contributed by atoms with Gasteiger partial charge >= 0.3 is 0 Å². The van der Waals surface area contributed by atoms with Crippen LogP contribution in [-0.2, 0) is 6.42 Å². The highest BCUT2D eigenvalue weighted by Gasteiger charge is 2.31. The first kappa shape index (κ1) is 14.1. The summed E-state index contributed by atoms with van der Waals surface area (Å²) in [6, 6.07) is 13.1. The molecule has 2 aromatic rings. The Labute approximate surface area is 132 Å². The molecule has 108 valence electrons. The number of alkyl halides is 1. The van der Waals surface area contributed by atoms with Crippen LogP contribution in [0.25, 0.3) is 0 Å². The third-order valence-corrected chi connectivity index (χ3v) is 4.86. The molecule has 0 fully saturated rings. The van der Waals surface area contributed by atoms with Crippen LogP contribution in [0.4, 0.5) is 0 Å². The van der Waals surface area contributed by atoms with Gasteiger partial charge in [-0.2, -0.15) is 0 Å². The number of amides is 1. The summed E-state index contributed by atoms with van der Waals surface area (Å²) in [6.45, 7) is 1.75. The van der Waals surface area contributed by atoms with Gasteiger partial charge in [0.05, 0.1) is 6.04 Å². The quantitative estimate of drug-likeness (QED) is 0.818. The Kier molecular flexibility index (Phi) is 3.72. The molecule has 0 aliphatic heterocycles. The number of phenolic OH excluding ortho intramolecular Hbond substituents is 1. The van der Waals surface area contributed by atoms with Crippen LogP contribution in [0, 0.1) is 6.92 Å². The van der Waals surface area contributed by atoms with E-state index in [-0.39, 0.29) is 22.5 Å². The van der Waals surface area contributed by atoms with Gasteiger partial charge < -0.3 is 10.4 Å². The molecule has 1 amide bonds. The van der Waals surface area contributed by atoms with E-state index in [1.807, 2.05) is 12.1 Å². The molecule has 4 heteroatoms. The summed E-state index contributed by atoms with van der Waals surface area (Å²) in [4.78, 5) is 12.7. The second-order valence-corrected chi connectivity index (χ2v) is 6.50. The van der Waals surface area contributed by atoms with Gasteiger partial charge in [-0.15, -0.1) is 0 Å². The molecule has 0 radical (unpaired) electrons. The van der Waals surface area contributed by atoms with E-state index >= 15 is 0 Å². The van der Waals surface area contributed by atoms with Crippen molar-refractivity contribution in [2.45, 2.75) is 24.2 Å². The molecule has 3 nitrogen and oxygen atoms in total. The molecule has 2 unspecified atom stereocenters. The zero-order valence-electron chi connectivity index (χ0n) is 11.6. The Morgan fingerprint density at radius 2 is 2.00 bits per heavy atom. The average Bonchev–Trinajstić information content (AvgIpc) is 2.78. The molecule has 21 heavy (non-hydrogen) atoms. The molecular formula is C17H16BrNO2. The number of rotatable bonds is 2. The summed E-state index contributed by atoms with van der Waals surface area (Å²) in [5, 5.41) is 12.8. The Balaban J connectivity index is 1.87. The molecule has 0 saturated carbocycles. The predicted molar refractivity (Wildman–Crippen MR) is 85.9 cm³/mol. The van der Waals surface area contributed by atoms with Gasteiger partial charge in [-0.25, -0.2) is 0 Å². The molecule has 2 N–H and O–H groups in total. The van der Waals surface area contributed by atoms with Crippen LogP contribution in [0.2, 0.25) is 0 Å². The zero-order valence-corrected chi connectivity index (χ0v) is 13.2. The number of aromatic hydroxyl groups is 1. The molecule has 0 spiro atoms. The summed E-state index contributed by atoms with van der Waals surface area (Å²) >= 11 is 3.66. The molecule has 2 atom stereocenters. The minimum Gasteiger partial charge on any atom is -0.508 e. The normalized spacial score (nSPS) is 20.1. The Morgan fingerprint density at radius 1 is 1.24 bits per heavy atom. The maximum Gasteiger partial charge on any atom is 0.252 e. The van der Waals surface area contributed by atoms with Crippen LogP contribution in [0.3, 0.4) is 0 Å².